The van der Waals surface area contributed by atoms with Gasteiger partial charge in [0.2, 0.25) is 0 Å². The van der Waals surface area contributed by atoms with Crippen molar-refractivity contribution in [2.45, 2.75) is 19.8 Å². The Morgan fingerprint density at radius 3 is 2.67 bits per heavy atom. The summed E-state index contributed by atoms with van der Waals surface area (Å²) in [6.07, 6.45) is 1.30. The Morgan fingerprint density at radius 1 is 1.33 bits per heavy atom. The summed E-state index contributed by atoms with van der Waals surface area (Å²) in [5.41, 5.74) is 0. The molecule has 0 aliphatic heterocycles. The third-order valence-electron chi connectivity index (χ3n) is 1.17. The lowest BCUT2D eigenvalue weighted by atomic mass is 10.3. The fraction of sp³-hybridized carbons (Fsp3) is 0.875. The maximum Gasteiger partial charge on any atom is 0.305 e. The number of hydrogen-bond acceptors (Lipinski definition) is 3. The Bertz CT molecular complexity index is 117. The van der Waals surface area contributed by atoms with Crippen molar-refractivity contribution >= 4 is 17.6 Å². The fourth-order valence-electron chi connectivity index (χ4n) is 0.647. The maximum absolute atomic E-state index is 10.8. The van der Waals surface area contributed by atoms with Gasteiger partial charge in [-0.1, -0.05) is 6.92 Å². The van der Waals surface area contributed by atoms with Crippen LogP contribution in [0.5, 0.6) is 0 Å². The van der Waals surface area contributed by atoms with Crippen LogP contribution in [-0.4, -0.2) is 31.7 Å². The van der Waals surface area contributed by atoms with Gasteiger partial charge in [-0.25, -0.2) is 0 Å². The first-order valence-corrected chi connectivity index (χ1v) is 4.64. The number of ether oxygens (including phenoxy) is 2. The van der Waals surface area contributed by atoms with Crippen molar-refractivity contribution < 1.29 is 14.3 Å². The van der Waals surface area contributed by atoms with E-state index < -0.39 is 0 Å². The molecule has 0 aromatic heterocycles. The van der Waals surface area contributed by atoms with Gasteiger partial charge in [0.25, 0.3) is 0 Å². The van der Waals surface area contributed by atoms with Gasteiger partial charge in [-0.2, -0.15) is 0 Å². The van der Waals surface area contributed by atoms with Crippen LogP contribution in [0.25, 0.3) is 0 Å². The number of carbonyl (C=O) groups is 1. The van der Waals surface area contributed by atoms with E-state index in [1.165, 1.54) is 0 Å². The molecule has 0 unspecified atom stereocenters. The van der Waals surface area contributed by atoms with E-state index in [9.17, 15) is 4.79 Å². The Morgan fingerprint density at radius 2 is 2.08 bits per heavy atom. The number of hydrogen-bond donors (Lipinski definition) is 0. The summed E-state index contributed by atoms with van der Waals surface area (Å²) >= 11 is 5.36. The van der Waals surface area contributed by atoms with Crippen LogP contribution in [0.1, 0.15) is 19.8 Å². The topological polar surface area (TPSA) is 35.5 Å². The summed E-state index contributed by atoms with van der Waals surface area (Å²) in [7, 11) is 0. The Labute approximate surface area is 78.0 Å². The lowest BCUT2D eigenvalue weighted by Crippen LogP contribution is -2.10. The van der Waals surface area contributed by atoms with Crippen LogP contribution in [0.3, 0.4) is 0 Å². The maximum atomic E-state index is 10.8. The van der Waals surface area contributed by atoms with Crippen LogP contribution >= 0.6 is 11.6 Å². The predicted octanol–water partition coefficient (Wildman–Crippen LogP) is 1.59. The molecule has 72 valence electrons. The highest BCUT2D eigenvalue weighted by Crippen LogP contribution is 1.90. The number of esters is 1. The first kappa shape index (κ1) is 11.7. The molecule has 0 bridgehead atoms. The molecule has 0 saturated carbocycles. The van der Waals surface area contributed by atoms with Gasteiger partial charge in [-0.3, -0.25) is 4.79 Å². The van der Waals surface area contributed by atoms with Gasteiger partial charge in [0.1, 0.15) is 6.61 Å². The van der Waals surface area contributed by atoms with Crippen molar-refractivity contribution in [3.8, 4) is 0 Å². The van der Waals surface area contributed by atoms with Crippen LogP contribution in [0, 0.1) is 0 Å². The van der Waals surface area contributed by atoms with Crippen LogP contribution in [-0.2, 0) is 14.3 Å². The number of halogens is 1. The molecule has 12 heavy (non-hydrogen) atoms. The van der Waals surface area contributed by atoms with Crippen molar-refractivity contribution in [3.63, 3.8) is 0 Å². The standard InChI is InChI=1S/C8H15ClO3/c1-2-3-8(10)12-7-6-11-5-4-9/h2-7H2,1H3. The minimum atomic E-state index is -0.160. The van der Waals surface area contributed by atoms with E-state index in [2.05, 4.69) is 0 Å². The van der Waals surface area contributed by atoms with E-state index in [-0.39, 0.29) is 5.97 Å². The van der Waals surface area contributed by atoms with Gasteiger partial charge < -0.3 is 9.47 Å². The SMILES string of the molecule is CCCC(=O)OCCOCCCl. The van der Waals surface area contributed by atoms with E-state index in [0.29, 0.717) is 32.1 Å². The van der Waals surface area contributed by atoms with Crippen LogP contribution in [0.4, 0.5) is 0 Å². The van der Waals surface area contributed by atoms with Crippen molar-refractivity contribution in [3.05, 3.63) is 0 Å². The van der Waals surface area contributed by atoms with Gasteiger partial charge in [0.15, 0.2) is 0 Å². The van der Waals surface area contributed by atoms with Crippen molar-refractivity contribution in [1.29, 1.82) is 0 Å². The minimum absolute atomic E-state index is 0.160. The highest BCUT2D eigenvalue weighted by Gasteiger charge is 1.98. The summed E-state index contributed by atoms with van der Waals surface area (Å²) in [5, 5.41) is 0. The van der Waals surface area contributed by atoms with Crippen LogP contribution in [0.2, 0.25) is 0 Å². The average molecular weight is 195 g/mol. The molecule has 0 N–H and O–H groups in total. The molecule has 0 atom stereocenters. The van der Waals surface area contributed by atoms with Crippen molar-refractivity contribution in [1.82, 2.24) is 0 Å². The zero-order valence-electron chi connectivity index (χ0n) is 7.35. The van der Waals surface area contributed by atoms with Gasteiger partial charge in [-0.15, -0.1) is 11.6 Å². The smallest absolute Gasteiger partial charge is 0.305 e. The number of alkyl halides is 1. The molecule has 0 aromatic rings. The summed E-state index contributed by atoms with van der Waals surface area (Å²) < 4.78 is 9.82. The second kappa shape index (κ2) is 8.81. The zero-order chi connectivity index (χ0) is 9.23. The molecule has 0 fully saturated rings. The van der Waals surface area contributed by atoms with Crippen molar-refractivity contribution in [2.75, 3.05) is 25.7 Å². The summed E-state index contributed by atoms with van der Waals surface area (Å²) in [6, 6.07) is 0. The first-order chi connectivity index (χ1) is 5.81. The quantitative estimate of drug-likeness (QED) is 0.351. The minimum Gasteiger partial charge on any atom is -0.463 e. The van der Waals surface area contributed by atoms with Gasteiger partial charge in [0, 0.05) is 12.3 Å². The van der Waals surface area contributed by atoms with E-state index in [1.807, 2.05) is 6.92 Å². The molecule has 4 heteroatoms. The highest BCUT2D eigenvalue weighted by atomic mass is 35.5. The number of carbonyl (C=O) groups excluding carboxylic acids is 1. The normalized spacial score (nSPS) is 9.83. The van der Waals surface area contributed by atoms with Crippen molar-refractivity contribution in [2.24, 2.45) is 0 Å². The third kappa shape index (κ3) is 7.82. The molecule has 3 nitrogen and oxygen atoms in total. The van der Waals surface area contributed by atoms with E-state index >= 15 is 0 Å². The zero-order valence-corrected chi connectivity index (χ0v) is 8.10. The van der Waals surface area contributed by atoms with Crippen LogP contribution in [0.15, 0.2) is 0 Å². The molecular formula is C8H15ClO3. The molecule has 0 amide bonds. The molecule has 0 rings (SSSR count). The molecule has 0 heterocycles. The predicted molar refractivity (Wildman–Crippen MR) is 47.4 cm³/mol. The Kier molecular flexibility index (Phi) is 8.61. The molecule has 0 saturated heterocycles. The molecule has 0 aliphatic carbocycles. The molecule has 0 radical (unpaired) electrons. The third-order valence-corrected chi connectivity index (χ3v) is 1.32. The summed E-state index contributed by atoms with van der Waals surface area (Å²) in [4.78, 5) is 10.8. The lowest BCUT2D eigenvalue weighted by Gasteiger charge is -2.03. The van der Waals surface area contributed by atoms with Gasteiger partial charge in [-0.05, 0) is 6.42 Å². The number of rotatable bonds is 7. The fourth-order valence-corrected chi connectivity index (χ4v) is 0.756. The summed E-state index contributed by atoms with van der Waals surface area (Å²) in [5.74, 6) is 0.315. The van der Waals surface area contributed by atoms with E-state index in [4.69, 9.17) is 21.1 Å². The molecular weight excluding hydrogens is 180 g/mol. The Hall–Kier alpha value is -0.280. The molecule has 0 aromatic carbocycles. The highest BCUT2D eigenvalue weighted by molar-refractivity contribution is 6.17. The van der Waals surface area contributed by atoms with Gasteiger partial charge in [0.05, 0.1) is 13.2 Å². The second-order valence-electron chi connectivity index (χ2n) is 2.27. The molecule has 0 aliphatic rings. The largest absolute Gasteiger partial charge is 0.463 e. The summed E-state index contributed by atoms with van der Waals surface area (Å²) in [6.45, 7) is 3.20. The molecule has 0 spiro atoms. The Balaban J connectivity index is 3.03. The van der Waals surface area contributed by atoms with Gasteiger partial charge >= 0.3 is 5.97 Å². The first-order valence-electron chi connectivity index (χ1n) is 4.10. The van der Waals surface area contributed by atoms with E-state index in [1.54, 1.807) is 0 Å². The van der Waals surface area contributed by atoms with Crippen LogP contribution < -0.4 is 0 Å². The second-order valence-corrected chi connectivity index (χ2v) is 2.65. The van der Waals surface area contributed by atoms with E-state index in [0.717, 1.165) is 6.42 Å². The lowest BCUT2D eigenvalue weighted by molar-refractivity contribution is -0.145. The monoisotopic (exact) mass is 194 g/mol. The average Bonchev–Trinajstić information content (AvgIpc) is 2.05.